The van der Waals surface area contributed by atoms with Crippen molar-refractivity contribution in [3.05, 3.63) is 82.1 Å². The monoisotopic (exact) mass is 431 g/mol. The normalized spacial score (nSPS) is 16.6. The number of hydrogen-bond acceptors (Lipinski definition) is 4. The van der Waals surface area contributed by atoms with E-state index in [2.05, 4.69) is 22.0 Å². The molecule has 1 aliphatic heterocycles. The third kappa shape index (κ3) is 4.38. The largest absolute Gasteiger partial charge is 0.370 e. The Labute approximate surface area is 175 Å². The van der Waals surface area contributed by atoms with E-state index in [1.807, 2.05) is 29.1 Å². The molecule has 2 aromatic carbocycles. The van der Waals surface area contributed by atoms with Gasteiger partial charge in [0, 0.05) is 17.8 Å². The topological polar surface area (TPSA) is 73.2 Å². The van der Waals surface area contributed by atoms with Crippen LogP contribution in [0, 0.1) is 6.92 Å². The summed E-state index contributed by atoms with van der Waals surface area (Å²) in [6.45, 7) is 3.00. The van der Waals surface area contributed by atoms with Gasteiger partial charge in [-0.15, -0.1) is 0 Å². The molecule has 0 fully saturated rings. The van der Waals surface area contributed by atoms with Crippen LogP contribution in [0.1, 0.15) is 28.5 Å². The fraction of sp³-hybridized carbons (Fsp3) is 0.286. The maximum atomic E-state index is 12.8. The summed E-state index contributed by atoms with van der Waals surface area (Å²) in [6, 6.07) is 14.9. The number of benzene rings is 2. The first kappa shape index (κ1) is 20.1. The zero-order valence-electron chi connectivity index (χ0n) is 16.0. The van der Waals surface area contributed by atoms with Crippen LogP contribution >= 0.6 is 11.6 Å². The lowest BCUT2D eigenvalue weighted by Crippen LogP contribution is -2.32. The van der Waals surface area contributed by atoms with Crippen LogP contribution in [-0.4, -0.2) is 31.3 Å². The van der Waals surface area contributed by atoms with Crippen molar-refractivity contribution in [2.24, 2.45) is 0 Å². The highest BCUT2D eigenvalue weighted by Crippen LogP contribution is 2.27. The van der Waals surface area contributed by atoms with Gasteiger partial charge in [0.1, 0.15) is 6.10 Å². The first-order valence-electron chi connectivity index (χ1n) is 9.40. The Kier molecular flexibility index (Phi) is 5.74. The standard InChI is InChI=1S/C21H22ClN3O3S/c1-15-18(22)8-5-9-20(15)29(26,27)23-12-19-21-17(10-11-28-19)14-25(24-21)13-16-6-3-2-4-7-16/h2-9,14,19,23H,10-13H2,1H3/t19-/m0/s1. The molecule has 6 nitrogen and oxygen atoms in total. The average Bonchev–Trinajstić information content (AvgIpc) is 3.12. The van der Waals surface area contributed by atoms with Gasteiger partial charge in [-0.05, 0) is 42.2 Å². The predicted molar refractivity (Wildman–Crippen MR) is 112 cm³/mol. The first-order valence-corrected chi connectivity index (χ1v) is 11.3. The molecule has 152 valence electrons. The summed E-state index contributed by atoms with van der Waals surface area (Å²) in [5, 5.41) is 5.09. The van der Waals surface area contributed by atoms with Gasteiger partial charge in [0.25, 0.3) is 0 Å². The fourth-order valence-corrected chi connectivity index (χ4v) is 5.01. The van der Waals surface area contributed by atoms with Crippen molar-refractivity contribution in [3.8, 4) is 0 Å². The zero-order valence-corrected chi connectivity index (χ0v) is 17.6. The maximum absolute atomic E-state index is 12.8. The average molecular weight is 432 g/mol. The predicted octanol–water partition coefficient (Wildman–Crippen LogP) is 3.49. The Hall–Kier alpha value is -2.19. The number of nitrogens with one attached hydrogen (secondary N) is 1. The Bertz CT molecular complexity index is 1110. The van der Waals surface area contributed by atoms with Crippen LogP contribution in [0.15, 0.2) is 59.6 Å². The number of nitrogens with zero attached hydrogens (tertiary/aromatic N) is 2. The minimum atomic E-state index is -3.71. The van der Waals surface area contributed by atoms with Crippen LogP contribution in [0.2, 0.25) is 5.02 Å². The number of sulfonamides is 1. The van der Waals surface area contributed by atoms with Gasteiger partial charge in [0.15, 0.2) is 0 Å². The molecule has 0 bridgehead atoms. The summed E-state index contributed by atoms with van der Waals surface area (Å²) < 4.78 is 35.9. The number of halogens is 1. The van der Waals surface area contributed by atoms with Crippen LogP contribution in [0.5, 0.6) is 0 Å². The summed E-state index contributed by atoms with van der Waals surface area (Å²) in [4.78, 5) is 0.177. The van der Waals surface area contributed by atoms with Crippen molar-refractivity contribution < 1.29 is 13.2 Å². The SMILES string of the molecule is Cc1c(Cl)cccc1S(=O)(=O)NC[C@@H]1OCCc2cn(Cc3ccccc3)nc21. The van der Waals surface area contributed by atoms with E-state index in [1.165, 1.54) is 0 Å². The summed E-state index contributed by atoms with van der Waals surface area (Å²) in [5.41, 5.74) is 3.56. The molecule has 4 rings (SSSR count). The second-order valence-corrected chi connectivity index (χ2v) is 9.19. The number of rotatable bonds is 6. The van der Waals surface area contributed by atoms with E-state index in [4.69, 9.17) is 16.3 Å². The minimum Gasteiger partial charge on any atom is -0.370 e. The molecule has 0 spiro atoms. The Morgan fingerprint density at radius 2 is 2.00 bits per heavy atom. The van der Waals surface area contributed by atoms with Crippen molar-refractivity contribution in [2.45, 2.75) is 30.9 Å². The molecule has 1 N–H and O–H groups in total. The van der Waals surface area contributed by atoms with E-state index < -0.39 is 16.1 Å². The van der Waals surface area contributed by atoms with Gasteiger partial charge in [-0.25, -0.2) is 13.1 Å². The van der Waals surface area contributed by atoms with Gasteiger partial charge in [-0.3, -0.25) is 4.68 Å². The van der Waals surface area contributed by atoms with Gasteiger partial charge in [0.05, 0.1) is 23.7 Å². The highest BCUT2D eigenvalue weighted by molar-refractivity contribution is 7.89. The molecule has 29 heavy (non-hydrogen) atoms. The quantitative estimate of drug-likeness (QED) is 0.648. The molecule has 0 saturated heterocycles. The number of ether oxygens (including phenoxy) is 1. The highest BCUT2D eigenvalue weighted by atomic mass is 35.5. The first-order chi connectivity index (χ1) is 13.9. The van der Waals surface area contributed by atoms with Gasteiger partial charge in [-0.2, -0.15) is 5.10 Å². The molecule has 0 aliphatic carbocycles. The van der Waals surface area contributed by atoms with Crippen molar-refractivity contribution in [2.75, 3.05) is 13.2 Å². The van der Waals surface area contributed by atoms with E-state index in [0.29, 0.717) is 23.7 Å². The van der Waals surface area contributed by atoms with Crippen LogP contribution in [0.3, 0.4) is 0 Å². The van der Waals surface area contributed by atoms with E-state index in [-0.39, 0.29) is 11.4 Å². The molecule has 8 heteroatoms. The van der Waals surface area contributed by atoms with E-state index in [1.54, 1.807) is 25.1 Å². The Balaban J connectivity index is 1.50. The number of aromatic nitrogens is 2. The molecule has 3 aromatic rings. The van der Waals surface area contributed by atoms with Crippen molar-refractivity contribution in [1.29, 1.82) is 0 Å². The smallest absolute Gasteiger partial charge is 0.240 e. The summed E-state index contributed by atoms with van der Waals surface area (Å²) >= 11 is 6.08. The van der Waals surface area contributed by atoms with Crippen LogP contribution in [0.4, 0.5) is 0 Å². The summed E-state index contributed by atoms with van der Waals surface area (Å²) in [6.07, 6.45) is 2.36. The Morgan fingerprint density at radius 3 is 2.79 bits per heavy atom. The molecule has 1 aliphatic rings. The third-order valence-electron chi connectivity index (χ3n) is 5.02. The second kappa shape index (κ2) is 8.28. The number of fused-ring (bicyclic) bond motifs is 1. The summed E-state index contributed by atoms with van der Waals surface area (Å²) in [7, 11) is -3.71. The Morgan fingerprint density at radius 1 is 1.21 bits per heavy atom. The number of hydrogen-bond donors (Lipinski definition) is 1. The maximum Gasteiger partial charge on any atom is 0.240 e. The lowest BCUT2D eigenvalue weighted by Gasteiger charge is -2.22. The van der Waals surface area contributed by atoms with Crippen molar-refractivity contribution in [1.82, 2.24) is 14.5 Å². The third-order valence-corrected chi connectivity index (χ3v) is 7.00. The molecule has 0 unspecified atom stereocenters. The molecule has 1 atom stereocenters. The lowest BCUT2D eigenvalue weighted by molar-refractivity contribution is 0.0430. The summed E-state index contributed by atoms with van der Waals surface area (Å²) in [5.74, 6) is 0. The van der Waals surface area contributed by atoms with Crippen molar-refractivity contribution >= 4 is 21.6 Å². The van der Waals surface area contributed by atoms with Crippen LogP contribution in [-0.2, 0) is 27.7 Å². The molecule has 0 radical (unpaired) electrons. The molecular weight excluding hydrogens is 410 g/mol. The van der Waals surface area contributed by atoms with Gasteiger partial charge < -0.3 is 4.74 Å². The van der Waals surface area contributed by atoms with Crippen LogP contribution < -0.4 is 4.72 Å². The second-order valence-electron chi connectivity index (χ2n) is 7.05. The lowest BCUT2D eigenvalue weighted by atomic mass is 10.1. The van der Waals surface area contributed by atoms with E-state index in [0.717, 1.165) is 23.2 Å². The minimum absolute atomic E-state index is 0.115. The van der Waals surface area contributed by atoms with E-state index >= 15 is 0 Å². The zero-order chi connectivity index (χ0) is 20.4. The van der Waals surface area contributed by atoms with E-state index in [9.17, 15) is 8.42 Å². The van der Waals surface area contributed by atoms with Gasteiger partial charge in [0.2, 0.25) is 10.0 Å². The highest BCUT2D eigenvalue weighted by Gasteiger charge is 2.27. The van der Waals surface area contributed by atoms with Gasteiger partial charge in [-0.1, -0.05) is 48.0 Å². The van der Waals surface area contributed by atoms with Crippen molar-refractivity contribution in [3.63, 3.8) is 0 Å². The molecule has 1 aromatic heterocycles. The van der Waals surface area contributed by atoms with Gasteiger partial charge >= 0.3 is 0 Å². The molecular formula is C21H22ClN3O3S. The molecule has 0 saturated carbocycles. The molecule has 2 heterocycles. The molecule has 0 amide bonds. The van der Waals surface area contributed by atoms with Crippen LogP contribution in [0.25, 0.3) is 0 Å². The fourth-order valence-electron chi connectivity index (χ4n) is 3.48.